The van der Waals surface area contributed by atoms with Gasteiger partial charge in [-0.25, -0.2) is 0 Å². The predicted octanol–water partition coefficient (Wildman–Crippen LogP) is 2.74. The third-order valence-electron chi connectivity index (χ3n) is 2.79. The van der Waals surface area contributed by atoms with Gasteiger partial charge < -0.3 is 4.57 Å². The Bertz CT molecular complexity index is 528. The van der Waals surface area contributed by atoms with E-state index in [1.165, 1.54) is 0 Å². The number of hydrogen-bond acceptors (Lipinski definition) is 2. The van der Waals surface area contributed by atoms with Gasteiger partial charge in [-0.1, -0.05) is 30.3 Å². The number of nitrogens with zero attached hydrogens (tertiary/aromatic N) is 1. The number of hydrogen-bond donors (Lipinski definition) is 0. The summed E-state index contributed by atoms with van der Waals surface area (Å²) < 4.78 is 1.68. The van der Waals surface area contributed by atoms with Crippen LogP contribution in [-0.2, 0) is 0 Å². The molecule has 1 heterocycles. The highest BCUT2D eigenvalue weighted by Gasteiger charge is 2.17. The van der Waals surface area contributed by atoms with Crippen LogP contribution in [0.15, 0.2) is 48.7 Å². The van der Waals surface area contributed by atoms with Crippen molar-refractivity contribution < 1.29 is 9.59 Å². The van der Waals surface area contributed by atoms with Gasteiger partial charge in [0.1, 0.15) is 0 Å². The Labute approximate surface area is 99.7 Å². The van der Waals surface area contributed by atoms with E-state index in [1.54, 1.807) is 42.0 Å². The number of rotatable bonds is 4. The molecular formula is C14H13NO2. The summed E-state index contributed by atoms with van der Waals surface area (Å²) in [6.07, 6.45) is 2.50. The van der Waals surface area contributed by atoms with Crippen LogP contribution >= 0.6 is 0 Å². The molecule has 0 aliphatic carbocycles. The molecule has 0 aliphatic heterocycles. The zero-order chi connectivity index (χ0) is 12.3. The number of carbonyl (C=O) groups excluding carboxylic acids is 2. The van der Waals surface area contributed by atoms with Gasteiger partial charge in [0.05, 0.1) is 11.7 Å². The Balaban J connectivity index is 2.30. The van der Waals surface area contributed by atoms with Crippen molar-refractivity contribution in [2.24, 2.45) is 0 Å². The minimum absolute atomic E-state index is 0.00454. The average molecular weight is 227 g/mol. The van der Waals surface area contributed by atoms with E-state index in [0.29, 0.717) is 11.3 Å². The van der Waals surface area contributed by atoms with Crippen molar-refractivity contribution in [2.75, 3.05) is 0 Å². The fourth-order valence-electron chi connectivity index (χ4n) is 1.83. The van der Waals surface area contributed by atoms with Gasteiger partial charge in [-0.15, -0.1) is 0 Å². The standard InChI is InChI=1S/C14H13NO2/c1-11(15-9-5-8-13(15)10-16)14(17)12-6-3-2-4-7-12/h2-11H,1H3. The van der Waals surface area contributed by atoms with Gasteiger partial charge in [0.2, 0.25) is 0 Å². The molecule has 2 aromatic rings. The fourth-order valence-corrected chi connectivity index (χ4v) is 1.83. The van der Waals surface area contributed by atoms with Gasteiger partial charge >= 0.3 is 0 Å². The molecule has 17 heavy (non-hydrogen) atoms. The van der Waals surface area contributed by atoms with Crippen molar-refractivity contribution in [2.45, 2.75) is 13.0 Å². The van der Waals surface area contributed by atoms with Gasteiger partial charge in [-0.05, 0) is 19.1 Å². The van der Waals surface area contributed by atoms with E-state index in [4.69, 9.17) is 0 Å². The topological polar surface area (TPSA) is 39.1 Å². The van der Waals surface area contributed by atoms with Crippen LogP contribution < -0.4 is 0 Å². The molecule has 0 spiro atoms. The SMILES string of the molecule is CC(C(=O)c1ccccc1)n1cccc1C=O. The predicted molar refractivity (Wildman–Crippen MR) is 65.3 cm³/mol. The number of carbonyl (C=O) groups is 2. The maximum atomic E-state index is 12.2. The number of benzene rings is 1. The molecule has 1 unspecified atom stereocenters. The van der Waals surface area contributed by atoms with Crippen molar-refractivity contribution in [1.82, 2.24) is 4.57 Å². The van der Waals surface area contributed by atoms with Crippen molar-refractivity contribution in [3.8, 4) is 0 Å². The lowest BCUT2D eigenvalue weighted by Gasteiger charge is -2.14. The zero-order valence-corrected chi connectivity index (χ0v) is 9.54. The average Bonchev–Trinajstić information content (AvgIpc) is 2.86. The fraction of sp³-hybridized carbons (Fsp3) is 0.143. The second-order valence-electron chi connectivity index (χ2n) is 3.86. The normalized spacial score (nSPS) is 12.1. The summed E-state index contributed by atoms with van der Waals surface area (Å²) in [5, 5.41) is 0. The Kier molecular flexibility index (Phi) is 3.19. The third kappa shape index (κ3) is 2.18. The van der Waals surface area contributed by atoms with Crippen molar-refractivity contribution in [3.63, 3.8) is 0 Å². The molecule has 3 heteroatoms. The largest absolute Gasteiger partial charge is 0.335 e. The molecule has 0 fully saturated rings. The molecule has 86 valence electrons. The van der Waals surface area contributed by atoms with E-state index in [-0.39, 0.29) is 11.8 Å². The van der Waals surface area contributed by atoms with Crippen molar-refractivity contribution >= 4 is 12.1 Å². The van der Waals surface area contributed by atoms with E-state index in [2.05, 4.69) is 0 Å². The quantitative estimate of drug-likeness (QED) is 0.595. The summed E-state index contributed by atoms with van der Waals surface area (Å²) in [6, 6.07) is 12.2. The molecule has 0 N–H and O–H groups in total. The number of aldehydes is 1. The lowest BCUT2D eigenvalue weighted by atomic mass is 10.1. The molecule has 0 bridgehead atoms. The molecule has 1 aromatic carbocycles. The first-order chi connectivity index (χ1) is 8.24. The highest BCUT2D eigenvalue weighted by Crippen LogP contribution is 2.16. The summed E-state index contributed by atoms with van der Waals surface area (Å²) in [6.45, 7) is 1.79. The van der Waals surface area contributed by atoms with Crippen LogP contribution in [-0.4, -0.2) is 16.6 Å². The number of Topliss-reactive ketones (excluding diaryl/α,β-unsaturated/α-hetero) is 1. The maximum absolute atomic E-state index is 12.2. The van der Waals surface area contributed by atoms with E-state index < -0.39 is 0 Å². The van der Waals surface area contributed by atoms with Gasteiger partial charge in [0.25, 0.3) is 0 Å². The summed E-state index contributed by atoms with van der Waals surface area (Å²) in [5.74, 6) is 0.00454. The zero-order valence-electron chi connectivity index (χ0n) is 9.54. The second kappa shape index (κ2) is 4.78. The van der Waals surface area contributed by atoms with Crippen LogP contribution in [0, 0.1) is 0 Å². The summed E-state index contributed by atoms with van der Waals surface area (Å²) in [4.78, 5) is 23.0. The molecule has 1 aromatic heterocycles. The van der Waals surface area contributed by atoms with E-state index >= 15 is 0 Å². The molecule has 0 radical (unpaired) electrons. The Morgan fingerprint density at radius 1 is 1.18 bits per heavy atom. The van der Waals surface area contributed by atoms with Gasteiger partial charge in [0.15, 0.2) is 12.1 Å². The van der Waals surface area contributed by atoms with Crippen LogP contribution in [0.1, 0.15) is 33.8 Å². The maximum Gasteiger partial charge on any atom is 0.185 e. The number of ketones is 1. The van der Waals surface area contributed by atoms with Crippen LogP contribution in [0.5, 0.6) is 0 Å². The highest BCUT2D eigenvalue weighted by molar-refractivity contribution is 5.99. The monoisotopic (exact) mass is 227 g/mol. The first-order valence-corrected chi connectivity index (χ1v) is 5.45. The summed E-state index contributed by atoms with van der Waals surface area (Å²) >= 11 is 0. The Morgan fingerprint density at radius 2 is 1.88 bits per heavy atom. The smallest absolute Gasteiger partial charge is 0.185 e. The molecule has 2 rings (SSSR count). The highest BCUT2D eigenvalue weighted by atomic mass is 16.1. The minimum Gasteiger partial charge on any atom is -0.335 e. The van der Waals surface area contributed by atoms with Crippen molar-refractivity contribution in [1.29, 1.82) is 0 Å². The molecule has 3 nitrogen and oxygen atoms in total. The minimum atomic E-state index is -0.368. The Hall–Kier alpha value is -2.16. The molecule has 0 saturated heterocycles. The van der Waals surface area contributed by atoms with E-state index in [9.17, 15) is 9.59 Å². The summed E-state index contributed by atoms with van der Waals surface area (Å²) in [7, 11) is 0. The van der Waals surface area contributed by atoms with Crippen LogP contribution in [0.3, 0.4) is 0 Å². The van der Waals surface area contributed by atoms with Crippen molar-refractivity contribution in [3.05, 3.63) is 59.9 Å². The first kappa shape index (κ1) is 11.3. The van der Waals surface area contributed by atoms with Crippen LogP contribution in [0.4, 0.5) is 0 Å². The van der Waals surface area contributed by atoms with Gasteiger partial charge in [0, 0.05) is 11.8 Å². The second-order valence-corrected chi connectivity index (χ2v) is 3.86. The van der Waals surface area contributed by atoms with E-state index in [0.717, 1.165) is 6.29 Å². The van der Waals surface area contributed by atoms with Crippen LogP contribution in [0.2, 0.25) is 0 Å². The number of aromatic nitrogens is 1. The lowest BCUT2D eigenvalue weighted by Crippen LogP contribution is -2.17. The molecule has 0 saturated carbocycles. The van der Waals surface area contributed by atoms with Crippen LogP contribution in [0.25, 0.3) is 0 Å². The third-order valence-corrected chi connectivity index (χ3v) is 2.79. The molecular weight excluding hydrogens is 214 g/mol. The van der Waals surface area contributed by atoms with E-state index in [1.807, 2.05) is 18.2 Å². The van der Waals surface area contributed by atoms with Gasteiger partial charge in [-0.3, -0.25) is 9.59 Å². The molecule has 0 aliphatic rings. The molecule has 0 amide bonds. The first-order valence-electron chi connectivity index (χ1n) is 5.45. The lowest BCUT2D eigenvalue weighted by molar-refractivity contribution is 0.0933. The summed E-state index contributed by atoms with van der Waals surface area (Å²) in [5.41, 5.74) is 1.17. The molecule has 1 atom stereocenters. The van der Waals surface area contributed by atoms with Gasteiger partial charge in [-0.2, -0.15) is 0 Å². The Morgan fingerprint density at radius 3 is 2.53 bits per heavy atom.